The molecule has 2 heterocycles. The van der Waals surface area contributed by atoms with E-state index in [2.05, 4.69) is 15.3 Å². The zero-order valence-electron chi connectivity index (χ0n) is 9.25. The minimum Gasteiger partial charge on any atom is -0.454 e. The maximum atomic E-state index is 8.94. The first-order valence-corrected chi connectivity index (χ1v) is 5.23. The zero-order valence-corrected chi connectivity index (χ0v) is 9.25. The van der Waals surface area contributed by atoms with E-state index in [4.69, 9.17) is 14.7 Å². The second-order valence-electron chi connectivity index (χ2n) is 3.59. The molecule has 2 aromatic rings. The molecule has 6 heteroatoms. The predicted molar refractivity (Wildman–Crippen MR) is 62.6 cm³/mol. The Labute approximate surface area is 103 Å². The van der Waals surface area contributed by atoms with E-state index < -0.39 is 0 Å². The molecule has 6 nitrogen and oxygen atoms in total. The summed E-state index contributed by atoms with van der Waals surface area (Å²) in [6.07, 6.45) is 2.85. The first-order valence-electron chi connectivity index (χ1n) is 5.23. The lowest BCUT2D eigenvalue weighted by molar-refractivity contribution is 0.174. The molecule has 0 amide bonds. The molecule has 0 aliphatic carbocycles. The molecule has 0 saturated carbocycles. The van der Waals surface area contributed by atoms with Gasteiger partial charge in [0.25, 0.3) is 0 Å². The highest BCUT2D eigenvalue weighted by Crippen LogP contribution is 2.35. The molecule has 0 radical (unpaired) electrons. The average Bonchev–Trinajstić information content (AvgIpc) is 2.87. The van der Waals surface area contributed by atoms with Crippen LogP contribution in [-0.4, -0.2) is 16.8 Å². The van der Waals surface area contributed by atoms with Crippen LogP contribution < -0.4 is 14.8 Å². The number of hydrogen-bond acceptors (Lipinski definition) is 6. The van der Waals surface area contributed by atoms with E-state index in [1.54, 1.807) is 12.1 Å². The summed E-state index contributed by atoms with van der Waals surface area (Å²) in [5, 5.41) is 12.0. The molecule has 1 aliphatic rings. The Bertz CT molecular complexity index is 636. The summed E-state index contributed by atoms with van der Waals surface area (Å²) >= 11 is 0. The number of aromatic nitrogens is 2. The molecule has 0 atom stereocenters. The Morgan fingerprint density at radius 1 is 1.28 bits per heavy atom. The highest BCUT2D eigenvalue weighted by atomic mass is 16.7. The van der Waals surface area contributed by atoms with Crippen LogP contribution in [0.3, 0.4) is 0 Å². The van der Waals surface area contributed by atoms with Gasteiger partial charge in [-0.25, -0.2) is 9.97 Å². The highest BCUT2D eigenvalue weighted by Gasteiger charge is 2.13. The maximum absolute atomic E-state index is 8.94. The van der Waals surface area contributed by atoms with E-state index in [1.807, 2.05) is 12.1 Å². The summed E-state index contributed by atoms with van der Waals surface area (Å²) < 4.78 is 10.5. The smallest absolute Gasteiger partial charge is 0.231 e. The lowest BCUT2D eigenvalue weighted by Gasteiger charge is -2.07. The van der Waals surface area contributed by atoms with Gasteiger partial charge in [0.2, 0.25) is 6.79 Å². The van der Waals surface area contributed by atoms with Crippen LogP contribution in [0.2, 0.25) is 0 Å². The van der Waals surface area contributed by atoms with Crippen molar-refractivity contribution in [3.05, 3.63) is 36.3 Å². The third-order valence-electron chi connectivity index (χ3n) is 2.47. The van der Waals surface area contributed by atoms with Crippen LogP contribution in [0, 0.1) is 11.3 Å². The topological polar surface area (TPSA) is 80.1 Å². The van der Waals surface area contributed by atoms with E-state index in [-0.39, 0.29) is 6.79 Å². The van der Waals surface area contributed by atoms with Gasteiger partial charge in [0, 0.05) is 11.8 Å². The first kappa shape index (κ1) is 10.4. The average molecular weight is 240 g/mol. The van der Waals surface area contributed by atoms with Crippen molar-refractivity contribution in [3.63, 3.8) is 0 Å². The number of rotatable bonds is 2. The maximum Gasteiger partial charge on any atom is 0.231 e. The number of nitrogens with zero attached hydrogens (tertiary/aromatic N) is 3. The van der Waals surface area contributed by atoms with Crippen molar-refractivity contribution in [3.8, 4) is 17.6 Å². The lowest BCUT2D eigenvalue weighted by atomic mass is 10.2. The summed E-state index contributed by atoms with van der Waals surface area (Å²) in [5.41, 5.74) is 1.16. The Morgan fingerprint density at radius 2 is 2.17 bits per heavy atom. The molecule has 0 unspecified atom stereocenters. The third kappa shape index (κ3) is 1.78. The van der Waals surface area contributed by atoms with Gasteiger partial charge in [0.15, 0.2) is 17.3 Å². The molecule has 0 spiro atoms. The summed E-state index contributed by atoms with van der Waals surface area (Å²) in [4.78, 5) is 7.82. The van der Waals surface area contributed by atoms with E-state index >= 15 is 0 Å². The van der Waals surface area contributed by atoms with Crippen LogP contribution in [0.5, 0.6) is 11.5 Å². The van der Waals surface area contributed by atoms with Crippen LogP contribution in [-0.2, 0) is 0 Å². The van der Waals surface area contributed by atoms with Gasteiger partial charge in [0.1, 0.15) is 18.0 Å². The van der Waals surface area contributed by atoms with Gasteiger partial charge < -0.3 is 14.8 Å². The van der Waals surface area contributed by atoms with E-state index in [0.717, 1.165) is 5.69 Å². The van der Waals surface area contributed by atoms with Crippen molar-refractivity contribution in [2.24, 2.45) is 0 Å². The Balaban J connectivity index is 1.91. The molecule has 0 fully saturated rings. The van der Waals surface area contributed by atoms with Crippen molar-refractivity contribution in [1.82, 2.24) is 9.97 Å². The molecule has 1 aromatic heterocycles. The van der Waals surface area contributed by atoms with Crippen molar-refractivity contribution in [1.29, 1.82) is 5.26 Å². The number of ether oxygens (including phenoxy) is 2. The van der Waals surface area contributed by atoms with Crippen molar-refractivity contribution in [2.45, 2.75) is 0 Å². The number of fused-ring (bicyclic) bond motifs is 1. The number of nitriles is 1. The first-order chi connectivity index (χ1) is 8.86. The van der Waals surface area contributed by atoms with Crippen molar-refractivity contribution in [2.75, 3.05) is 12.1 Å². The molecule has 3 rings (SSSR count). The van der Waals surface area contributed by atoms with Gasteiger partial charge in [-0.15, -0.1) is 0 Å². The minimum absolute atomic E-state index is 0.232. The normalized spacial score (nSPS) is 11.9. The van der Waals surface area contributed by atoms with Crippen molar-refractivity contribution >= 4 is 11.5 Å². The number of benzene rings is 1. The molecule has 1 aromatic carbocycles. The largest absolute Gasteiger partial charge is 0.454 e. The standard InChI is InChI=1S/C12H8N4O2/c13-4-8-5-14-6-15-12(8)16-9-1-2-10-11(3-9)18-7-17-10/h1-3,5-6H,7H2,(H,14,15,16). The molecule has 88 valence electrons. The number of hydrogen-bond donors (Lipinski definition) is 1. The van der Waals surface area contributed by atoms with Gasteiger partial charge in [-0.2, -0.15) is 5.26 Å². The highest BCUT2D eigenvalue weighted by molar-refractivity contribution is 5.65. The Hall–Kier alpha value is -2.81. The molecule has 18 heavy (non-hydrogen) atoms. The van der Waals surface area contributed by atoms with Crippen LogP contribution >= 0.6 is 0 Å². The van der Waals surface area contributed by atoms with E-state index in [9.17, 15) is 0 Å². The van der Waals surface area contributed by atoms with Gasteiger partial charge in [0.05, 0.1) is 6.20 Å². The van der Waals surface area contributed by atoms with Crippen LogP contribution in [0.1, 0.15) is 5.56 Å². The van der Waals surface area contributed by atoms with Crippen LogP contribution in [0.25, 0.3) is 0 Å². The molecule has 1 N–H and O–H groups in total. The second kappa shape index (κ2) is 4.22. The Kier molecular flexibility index (Phi) is 2.43. The lowest BCUT2D eigenvalue weighted by Crippen LogP contribution is -1.97. The summed E-state index contributed by atoms with van der Waals surface area (Å²) in [5.74, 6) is 1.85. The fourth-order valence-corrected chi connectivity index (χ4v) is 1.62. The van der Waals surface area contributed by atoms with Crippen molar-refractivity contribution < 1.29 is 9.47 Å². The molecule has 0 saturated heterocycles. The zero-order chi connectivity index (χ0) is 12.4. The molecular weight excluding hydrogens is 232 g/mol. The van der Waals surface area contributed by atoms with Crippen LogP contribution in [0.4, 0.5) is 11.5 Å². The van der Waals surface area contributed by atoms with Gasteiger partial charge in [-0.1, -0.05) is 0 Å². The fourth-order valence-electron chi connectivity index (χ4n) is 1.62. The summed E-state index contributed by atoms with van der Waals surface area (Å²) in [7, 11) is 0. The third-order valence-corrected chi connectivity index (χ3v) is 2.47. The molecule has 1 aliphatic heterocycles. The SMILES string of the molecule is N#Cc1cncnc1Nc1ccc2c(c1)OCO2. The van der Waals surface area contributed by atoms with E-state index in [0.29, 0.717) is 22.9 Å². The monoisotopic (exact) mass is 240 g/mol. The van der Waals surface area contributed by atoms with Crippen LogP contribution in [0.15, 0.2) is 30.7 Å². The molecular formula is C12H8N4O2. The Morgan fingerprint density at radius 3 is 3.06 bits per heavy atom. The van der Waals surface area contributed by atoms with Gasteiger partial charge in [-0.3, -0.25) is 0 Å². The summed E-state index contributed by atoms with van der Waals surface area (Å²) in [6.45, 7) is 0.232. The number of nitrogens with one attached hydrogen (secondary N) is 1. The second-order valence-corrected chi connectivity index (χ2v) is 3.59. The fraction of sp³-hybridized carbons (Fsp3) is 0.0833. The summed E-state index contributed by atoms with van der Waals surface area (Å²) in [6, 6.07) is 7.46. The van der Waals surface area contributed by atoms with E-state index in [1.165, 1.54) is 12.5 Å². The molecule has 0 bridgehead atoms. The quantitative estimate of drug-likeness (QED) is 0.862. The van der Waals surface area contributed by atoms with Gasteiger partial charge >= 0.3 is 0 Å². The number of anilines is 2. The predicted octanol–water partition coefficient (Wildman–Crippen LogP) is 1.82. The minimum atomic E-state index is 0.232. The van der Waals surface area contributed by atoms with Gasteiger partial charge in [-0.05, 0) is 12.1 Å².